The third-order valence-corrected chi connectivity index (χ3v) is 4.41. The number of carbonyl (C=O) groups excluding carboxylic acids is 2. The molecular weight excluding hydrogens is 325 g/mol. The first-order valence-electron chi connectivity index (χ1n) is 7.90. The summed E-state index contributed by atoms with van der Waals surface area (Å²) in [4.78, 5) is 30.7. The van der Waals surface area contributed by atoms with Gasteiger partial charge in [-0.1, -0.05) is 25.1 Å². The number of urea groups is 1. The van der Waals surface area contributed by atoms with Crippen LogP contribution >= 0.6 is 0 Å². The largest absolute Gasteiger partial charge is 0.481 e. The van der Waals surface area contributed by atoms with Crippen molar-refractivity contribution in [2.45, 2.75) is 25.4 Å². The van der Waals surface area contributed by atoms with Crippen molar-refractivity contribution in [3.05, 3.63) is 59.5 Å². The fraction of sp³-hybridized carbons (Fsp3) is 0.278. The van der Waals surface area contributed by atoms with Crippen LogP contribution in [0.2, 0.25) is 0 Å². The number of hydrogen-bond donors (Lipinski definition) is 1. The van der Waals surface area contributed by atoms with Crippen molar-refractivity contribution < 1.29 is 18.7 Å². The van der Waals surface area contributed by atoms with Crippen LogP contribution in [-0.2, 0) is 16.9 Å². The number of hydrogen-bond acceptors (Lipinski definition) is 4. The smallest absolute Gasteiger partial charge is 0.325 e. The first kappa shape index (κ1) is 16.9. The summed E-state index contributed by atoms with van der Waals surface area (Å²) in [5.41, 5.74) is -0.0184. The van der Waals surface area contributed by atoms with Gasteiger partial charge in [0.1, 0.15) is 11.4 Å². The predicted octanol–water partition coefficient (Wildman–Crippen LogP) is 2.59. The van der Waals surface area contributed by atoms with Crippen molar-refractivity contribution in [3.63, 3.8) is 0 Å². The summed E-state index contributed by atoms with van der Waals surface area (Å²) in [6, 6.07) is 8.55. The molecule has 7 heteroatoms. The molecular formula is C18H18FN3O3. The minimum absolute atomic E-state index is 0.0463. The van der Waals surface area contributed by atoms with Gasteiger partial charge in [0.25, 0.3) is 5.91 Å². The number of benzene rings is 1. The van der Waals surface area contributed by atoms with Crippen LogP contribution in [0.4, 0.5) is 9.18 Å². The van der Waals surface area contributed by atoms with Crippen molar-refractivity contribution in [2.75, 3.05) is 7.11 Å². The average molecular weight is 343 g/mol. The molecule has 3 amide bonds. The van der Waals surface area contributed by atoms with Gasteiger partial charge < -0.3 is 10.1 Å². The molecule has 0 bridgehead atoms. The van der Waals surface area contributed by atoms with Gasteiger partial charge in [-0.05, 0) is 30.2 Å². The summed E-state index contributed by atoms with van der Waals surface area (Å²) in [6.45, 7) is 1.85. The van der Waals surface area contributed by atoms with E-state index in [-0.39, 0.29) is 12.5 Å². The van der Waals surface area contributed by atoms with Gasteiger partial charge in [-0.15, -0.1) is 0 Å². The van der Waals surface area contributed by atoms with Crippen LogP contribution in [0.25, 0.3) is 0 Å². The maximum Gasteiger partial charge on any atom is 0.325 e. The SMILES string of the molecule is CCC1(c2ccc(F)cc2)NC(=O)N(Cc2cccnc2OC)C1=O. The van der Waals surface area contributed by atoms with E-state index in [4.69, 9.17) is 4.74 Å². The molecule has 130 valence electrons. The van der Waals surface area contributed by atoms with Crippen molar-refractivity contribution in [2.24, 2.45) is 0 Å². The number of pyridine rings is 1. The third-order valence-electron chi connectivity index (χ3n) is 4.41. The van der Waals surface area contributed by atoms with E-state index < -0.39 is 17.4 Å². The van der Waals surface area contributed by atoms with Gasteiger partial charge in [-0.2, -0.15) is 0 Å². The Kier molecular flexibility index (Phi) is 4.39. The minimum atomic E-state index is -1.19. The molecule has 1 N–H and O–H groups in total. The Bertz CT molecular complexity index is 809. The summed E-state index contributed by atoms with van der Waals surface area (Å²) < 4.78 is 18.4. The Hall–Kier alpha value is -2.96. The first-order chi connectivity index (χ1) is 12.0. The molecule has 6 nitrogen and oxygen atoms in total. The van der Waals surface area contributed by atoms with Gasteiger partial charge in [0, 0.05) is 11.8 Å². The fourth-order valence-corrected chi connectivity index (χ4v) is 3.04. The van der Waals surface area contributed by atoms with E-state index in [1.54, 1.807) is 25.3 Å². The highest BCUT2D eigenvalue weighted by atomic mass is 19.1. The van der Waals surface area contributed by atoms with E-state index in [0.29, 0.717) is 23.4 Å². The van der Waals surface area contributed by atoms with E-state index in [1.165, 1.54) is 31.4 Å². The molecule has 1 unspecified atom stereocenters. The molecule has 1 aromatic carbocycles. The van der Waals surface area contributed by atoms with Gasteiger partial charge in [0.15, 0.2) is 0 Å². The molecule has 0 radical (unpaired) electrons. The highest BCUT2D eigenvalue weighted by molar-refractivity contribution is 6.07. The Morgan fingerprint density at radius 1 is 1.24 bits per heavy atom. The zero-order chi connectivity index (χ0) is 18.0. The Balaban J connectivity index is 1.94. The standard InChI is InChI=1S/C18H18FN3O3/c1-3-18(13-6-8-14(19)9-7-13)16(23)22(17(24)21-18)11-12-5-4-10-20-15(12)25-2/h4-10H,3,11H2,1-2H3,(H,21,24). The fourth-order valence-electron chi connectivity index (χ4n) is 3.04. The molecule has 0 aliphatic carbocycles. The lowest BCUT2D eigenvalue weighted by Gasteiger charge is -2.25. The first-order valence-corrected chi connectivity index (χ1v) is 7.90. The zero-order valence-electron chi connectivity index (χ0n) is 14.0. The lowest BCUT2D eigenvalue weighted by molar-refractivity contribution is -0.132. The van der Waals surface area contributed by atoms with Gasteiger partial charge in [-0.3, -0.25) is 9.69 Å². The van der Waals surface area contributed by atoms with Crippen LogP contribution in [0.5, 0.6) is 5.88 Å². The number of nitrogens with zero attached hydrogens (tertiary/aromatic N) is 2. The monoisotopic (exact) mass is 343 g/mol. The molecule has 2 aromatic rings. The van der Waals surface area contributed by atoms with Crippen LogP contribution in [0, 0.1) is 5.82 Å². The molecule has 1 aromatic heterocycles. The quantitative estimate of drug-likeness (QED) is 0.847. The molecule has 1 fully saturated rings. The van der Waals surface area contributed by atoms with Gasteiger partial charge in [-0.25, -0.2) is 14.2 Å². The number of aromatic nitrogens is 1. The van der Waals surface area contributed by atoms with Gasteiger partial charge >= 0.3 is 6.03 Å². The summed E-state index contributed by atoms with van der Waals surface area (Å²) in [5, 5.41) is 2.76. The van der Waals surface area contributed by atoms with Crippen molar-refractivity contribution in [1.29, 1.82) is 0 Å². The summed E-state index contributed by atoms with van der Waals surface area (Å²) in [5.74, 6) is -0.417. The van der Waals surface area contributed by atoms with Crippen LogP contribution in [0.1, 0.15) is 24.5 Å². The van der Waals surface area contributed by atoms with E-state index in [1.807, 2.05) is 0 Å². The summed E-state index contributed by atoms with van der Waals surface area (Å²) in [6.07, 6.45) is 1.92. The Morgan fingerprint density at radius 3 is 2.60 bits per heavy atom. The van der Waals surface area contributed by atoms with Crippen LogP contribution < -0.4 is 10.1 Å². The number of carbonyl (C=O) groups is 2. The number of rotatable bonds is 5. The molecule has 25 heavy (non-hydrogen) atoms. The lowest BCUT2D eigenvalue weighted by Crippen LogP contribution is -2.43. The highest BCUT2D eigenvalue weighted by Crippen LogP contribution is 2.33. The van der Waals surface area contributed by atoms with Crippen LogP contribution in [0.15, 0.2) is 42.6 Å². The normalized spacial score (nSPS) is 19.9. The topological polar surface area (TPSA) is 71.5 Å². The molecule has 2 heterocycles. The molecule has 1 atom stereocenters. The van der Waals surface area contributed by atoms with Crippen LogP contribution in [0.3, 0.4) is 0 Å². The van der Waals surface area contributed by atoms with Crippen molar-refractivity contribution in [1.82, 2.24) is 15.2 Å². The zero-order valence-corrected chi connectivity index (χ0v) is 14.0. The Morgan fingerprint density at radius 2 is 1.96 bits per heavy atom. The Labute approximate surface area is 144 Å². The third kappa shape index (κ3) is 2.82. The van der Waals surface area contributed by atoms with Gasteiger partial charge in [0.05, 0.1) is 13.7 Å². The van der Waals surface area contributed by atoms with E-state index in [2.05, 4.69) is 10.3 Å². The summed E-state index contributed by atoms with van der Waals surface area (Å²) in [7, 11) is 1.48. The lowest BCUT2D eigenvalue weighted by atomic mass is 9.87. The molecule has 0 saturated carbocycles. The minimum Gasteiger partial charge on any atom is -0.481 e. The second-order valence-corrected chi connectivity index (χ2v) is 5.76. The number of ether oxygens (including phenoxy) is 1. The predicted molar refractivity (Wildman–Crippen MR) is 88.2 cm³/mol. The number of halogens is 1. The second kappa shape index (κ2) is 6.51. The molecule has 1 aliphatic rings. The van der Waals surface area contributed by atoms with Crippen molar-refractivity contribution >= 4 is 11.9 Å². The van der Waals surface area contributed by atoms with E-state index in [9.17, 15) is 14.0 Å². The van der Waals surface area contributed by atoms with E-state index in [0.717, 1.165) is 4.90 Å². The molecule has 1 saturated heterocycles. The maximum absolute atomic E-state index is 13.2. The number of methoxy groups -OCH3 is 1. The summed E-state index contributed by atoms with van der Waals surface area (Å²) >= 11 is 0. The molecule has 0 spiro atoms. The number of imide groups is 1. The maximum atomic E-state index is 13.2. The van der Waals surface area contributed by atoms with Crippen molar-refractivity contribution in [3.8, 4) is 5.88 Å². The molecule has 1 aliphatic heterocycles. The molecule has 3 rings (SSSR count). The van der Waals surface area contributed by atoms with Gasteiger partial charge in [0.2, 0.25) is 5.88 Å². The second-order valence-electron chi connectivity index (χ2n) is 5.76. The highest BCUT2D eigenvalue weighted by Gasteiger charge is 2.51. The van der Waals surface area contributed by atoms with Crippen LogP contribution in [-0.4, -0.2) is 28.9 Å². The average Bonchev–Trinajstić information content (AvgIpc) is 2.88. The van der Waals surface area contributed by atoms with E-state index >= 15 is 0 Å². The number of nitrogens with one attached hydrogen (secondary N) is 1. The number of amides is 3.